The first-order valence-corrected chi connectivity index (χ1v) is 8.50. The molecule has 0 bridgehead atoms. The zero-order chi connectivity index (χ0) is 17.2. The number of halogens is 1. The largest absolute Gasteiger partial charge is 0.333 e. The molecule has 2 aromatic heterocycles. The first kappa shape index (κ1) is 15.8. The third-order valence-corrected chi connectivity index (χ3v) is 4.58. The molecule has 3 heterocycles. The lowest BCUT2D eigenvalue weighted by molar-refractivity contribution is 0.0745. The Morgan fingerprint density at radius 1 is 1.20 bits per heavy atom. The summed E-state index contributed by atoms with van der Waals surface area (Å²) in [6, 6.07) is 7.00. The Kier molecular flexibility index (Phi) is 4.23. The molecule has 0 atom stereocenters. The first-order valence-electron chi connectivity index (χ1n) is 8.12. The highest BCUT2D eigenvalue weighted by molar-refractivity contribution is 6.30. The van der Waals surface area contributed by atoms with E-state index in [-0.39, 0.29) is 5.91 Å². The first-order chi connectivity index (χ1) is 12.2. The van der Waals surface area contributed by atoms with Gasteiger partial charge in [-0.05, 0) is 30.7 Å². The van der Waals surface area contributed by atoms with Gasteiger partial charge in [0.2, 0.25) is 0 Å². The van der Waals surface area contributed by atoms with E-state index in [2.05, 4.69) is 15.3 Å². The highest BCUT2D eigenvalue weighted by atomic mass is 35.5. The average Bonchev–Trinajstić information content (AvgIpc) is 3.20. The van der Waals surface area contributed by atoms with Crippen molar-refractivity contribution in [1.82, 2.24) is 29.4 Å². The van der Waals surface area contributed by atoms with Gasteiger partial charge in [-0.2, -0.15) is 0 Å². The van der Waals surface area contributed by atoms with Crippen molar-refractivity contribution in [2.45, 2.75) is 26.1 Å². The Balaban J connectivity index is 1.58. The van der Waals surface area contributed by atoms with Crippen molar-refractivity contribution < 1.29 is 4.79 Å². The zero-order valence-corrected chi connectivity index (χ0v) is 14.3. The van der Waals surface area contributed by atoms with Gasteiger partial charge in [0.15, 0.2) is 0 Å². The van der Waals surface area contributed by atoms with E-state index in [1.807, 2.05) is 20.3 Å². The van der Waals surface area contributed by atoms with E-state index in [1.54, 1.807) is 36.8 Å². The molecule has 3 aromatic rings. The van der Waals surface area contributed by atoms with E-state index in [0.29, 0.717) is 30.2 Å². The number of carbonyl (C=O) groups is 1. The number of aryl methyl sites for hydroxylation is 1. The molecule has 1 amide bonds. The second-order valence-corrected chi connectivity index (χ2v) is 6.46. The van der Waals surface area contributed by atoms with Crippen LogP contribution in [0.4, 0.5) is 0 Å². The highest BCUT2D eigenvalue weighted by Gasteiger charge is 2.24. The lowest BCUT2D eigenvalue weighted by Gasteiger charge is -2.20. The van der Waals surface area contributed by atoms with E-state index < -0.39 is 0 Å². The van der Waals surface area contributed by atoms with Gasteiger partial charge in [-0.25, -0.2) is 9.67 Å². The molecule has 0 unspecified atom stereocenters. The van der Waals surface area contributed by atoms with Crippen LogP contribution in [0.25, 0.3) is 0 Å². The number of benzene rings is 1. The lowest BCUT2D eigenvalue weighted by atomic mass is 10.2. The number of nitrogens with zero attached hydrogens (tertiary/aromatic N) is 6. The topological polar surface area (TPSA) is 68.8 Å². The fraction of sp³-hybridized carbons (Fsp3) is 0.294. The van der Waals surface area contributed by atoms with Crippen molar-refractivity contribution in [2.75, 3.05) is 6.54 Å². The van der Waals surface area contributed by atoms with Crippen molar-refractivity contribution in [1.29, 1.82) is 0 Å². The Morgan fingerprint density at radius 3 is 2.80 bits per heavy atom. The second kappa shape index (κ2) is 6.68. The molecule has 7 nitrogen and oxygen atoms in total. The van der Waals surface area contributed by atoms with Crippen LogP contribution in [0.5, 0.6) is 0 Å². The molecule has 0 N–H and O–H groups in total. The Labute approximate surface area is 149 Å². The Bertz CT molecular complexity index is 871. The molecule has 0 radical (unpaired) electrons. The van der Waals surface area contributed by atoms with Gasteiger partial charge in [0, 0.05) is 36.1 Å². The Morgan fingerprint density at radius 2 is 2.04 bits per heavy atom. The summed E-state index contributed by atoms with van der Waals surface area (Å²) in [5.74, 6) is -0.0000949. The van der Waals surface area contributed by atoms with Gasteiger partial charge in [-0.1, -0.05) is 16.8 Å². The number of carbonyl (C=O) groups excluding carboxylic acids is 1. The standard InChI is InChI=1S/C17H17ClN6O/c18-14-4-2-13(3-5-14)17(25)23-7-1-8-24-16(11-23)15(20-21-24)10-22-9-6-19-12-22/h2-6,9,12H,1,7-8,10-11H2. The van der Waals surface area contributed by atoms with Crippen LogP contribution in [-0.4, -0.2) is 41.9 Å². The molecule has 1 aliphatic rings. The van der Waals surface area contributed by atoms with Crippen LogP contribution in [0.3, 0.4) is 0 Å². The van der Waals surface area contributed by atoms with Crippen molar-refractivity contribution in [3.05, 3.63) is 65.0 Å². The van der Waals surface area contributed by atoms with Crippen LogP contribution < -0.4 is 0 Å². The van der Waals surface area contributed by atoms with Crippen molar-refractivity contribution in [3.63, 3.8) is 0 Å². The summed E-state index contributed by atoms with van der Waals surface area (Å²) < 4.78 is 3.85. The quantitative estimate of drug-likeness (QED) is 0.721. The molecule has 0 aliphatic carbocycles. The van der Waals surface area contributed by atoms with Gasteiger partial charge in [-0.3, -0.25) is 4.79 Å². The molecule has 0 fully saturated rings. The predicted molar refractivity (Wildman–Crippen MR) is 92.2 cm³/mol. The fourth-order valence-electron chi connectivity index (χ4n) is 3.02. The molecule has 8 heteroatoms. The van der Waals surface area contributed by atoms with E-state index in [9.17, 15) is 4.79 Å². The normalized spacial score (nSPS) is 14.2. The number of aromatic nitrogens is 5. The number of rotatable bonds is 3. The summed E-state index contributed by atoms with van der Waals surface area (Å²) in [5.41, 5.74) is 2.49. The number of fused-ring (bicyclic) bond motifs is 1. The highest BCUT2D eigenvalue weighted by Crippen LogP contribution is 2.19. The summed E-state index contributed by atoms with van der Waals surface area (Å²) in [6.45, 7) is 2.54. The van der Waals surface area contributed by atoms with Crippen molar-refractivity contribution in [2.24, 2.45) is 0 Å². The van der Waals surface area contributed by atoms with Gasteiger partial charge in [0.25, 0.3) is 5.91 Å². The number of amides is 1. The molecule has 1 aliphatic heterocycles. The minimum absolute atomic E-state index is 0.0000949. The van der Waals surface area contributed by atoms with Gasteiger partial charge < -0.3 is 9.47 Å². The number of hydrogen-bond donors (Lipinski definition) is 0. The maximum Gasteiger partial charge on any atom is 0.254 e. The van der Waals surface area contributed by atoms with Crippen LogP contribution in [0, 0.1) is 0 Å². The number of imidazole rings is 1. The van der Waals surface area contributed by atoms with Crippen molar-refractivity contribution >= 4 is 17.5 Å². The van der Waals surface area contributed by atoms with E-state index in [1.165, 1.54) is 0 Å². The molecule has 0 spiro atoms. The third-order valence-electron chi connectivity index (χ3n) is 4.33. The fourth-order valence-corrected chi connectivity index (χ4v) is 3.14. The number of hydrogen-bond acceptors (Lipinski definition) is 4. The summed E-state index contributed by atoms with van der Waals surface area (Å²) in [4.78, 5) is 18.7. The zero-order valence-electron chi connectivity index (χ0n) is 13.5. The minimum Gasteiger partial charge on any atom is -0.333 e. The van der Waals surface area contributed by atoms with Gasteiger partial charge in [-0.15, -0.1) is 5.10 Å². The van der Waals surface area contributed by atoms with Crippen LogP contribution in [0.15, 0.2) is 43.0 Å². The maximum atomic E-state index is 12.8. The van der Waals surface area contributed by atoms with E-state index >= 15 is 0 Å². The smallest absolute Gasteiger partial charge is 0.254 e. The maximum absolute atomic E-state index is 12.8. The molecule has 4 rings (SSSR count). The van der Waals surface area contributed by atoms with Crippen LogP contribution in [-0.2, 0) is 19.6 Å². The molecular formula is C17H17ClN6O. The summed E-state index contributed by atoms with van der Waals surface area (Å²) in [7, 11) is 0. The summed E-state index contributed by atoms with van der Waals surface area (Å²) in [5, 5.41) is 9.18. The molecular weight excluding hydrogens is 340 g/mol. The van der Waals surface area contributed by atoms with Gasteiger partial charge >= 0.3 is 0 Å². The van der Waals surface area contributed by atoms with Crippen molar-refractivity contribution in [3.8, 4) is 0 Å². The monoisotopic (exact) mass is 356 g/mol. The molecule has 25 heavy (non-hydrogen) atoms. The third kappa shape index (κ3) is 3.28. The van der Waals surface area contributed by atoms with E-state index in [0.717, 1.165) is 24.4 Å². The van der Waals surface area contributed by atoms with Crippen LogP contribution >= 0.6 is 11.6 Å². The predicted octanol–water partition coefficient (Wildman–Crippen LogP) is 2.22. The second-order valence-electron chi connectivity index (χ2n) is 6.03. The van der Waals surface area contributed by atoms with E-state index in [4.69, 9.17) is 11.6 Å². The SMILES string of the molecule is O=C(c1ccc(Cl)cc1)N1CCCn2nnc(Cn3ccnc3)c2C1. The molecule has 0 saturated carbocycles. The Hall–Kier alpha value is -2.67. The lowest BCUT2D eigenvalue weighted by Crippen LogP contribution is -2.31. The molecule has 128 valence electrons. The minimum atomic E-state index is -0.0000949. The van der Waals surface area contributed by atoms with Gasteiger partial charge in [0.1, 0.15) is 5.69 Å². The average molecular weight is 357 g/mol. The molecule has 1 aromatic carbocycles. The van der Waals surface area contributed by atoms with Crippen LogP contribution in [0.2, 0.25) is 5.02 Å². The van der Waals surface area contributed by atoms with Crippen LogP contribution in [0.1, 0.15) is 28.2 Å². The van der Waals surface area contributed by atoms with Gasteiger partial charge in [0.05, 0.1) is 25.1 Å². The summed E-state index contributed by atoms with van der Waals surface area (Å²) in [6.07, 6.45) is 6.22. The summed E-state index contributed by atoms with van der Waals surface area (Å²) >= 11 is 5.92. The molecule has 0 saturated heterocycles.